The fourth-order valence-electron chi connectivity index (χ4n) is 1.30. The van der Waals surface area contributed by atoms with Crippen molar-refractivity contribution < 1.29 is 0 Å². The minimum atomic E-state index is 0.695. The summed E-state index contributed by atoms with van der Waals surface area (Å²) in [6.07, 6.45) is 2.95. The molecule has 0 aromatic carbocycles. The highest BCUT2D eigenvalue weighted by molar-refractivity contribution is 5.28. The largest absolute Gasteiger partial charge is 0.342 e. The number of rotatable bonds is 5. The minimum Gasteiger partial charge on any atom is -0.342 e. The van der Waals surface area contributed by atoms with Crippen LogP contribution in [0.2, 0.25) is 0 Å². The van der Waals surface area contributed by atoms with Crippen molar-refractivity contribution in [2.24, 2.45) is 12.8 Å². The average Bonchev–Trinajstić information content (AvgIpc) is 2.54. The average molecular weight is 192 g/mol. The van der Waals surface area contributed by atoms with Gasteiger partial charge in [0.15, 0.2) is 0 Å². The first-order chi connectivity index (χ1) is 6.77. The van der Waals surface area contributed by atoms with Gasteiger partial charge in [0.05, 0.1) is 0 Å². The van der Waals surface area contributed by atoms with E-state index in [0.29, 0.717) is 12.2 Å². The molecule has 4 heteroatoms. The summed E-state index contributed by atoms with van der Waals surface area (Å²) in [5, 5.41) is 12.0. The predicted molar refractivity (Wildman–Crippen MR) is 55.5 cm³/mol. The van der Waals surface area contributed by atoms with Crippen LogP contribution in [0.15, 0.2) is 12.3 Å². The molecule has 1 rings (SSSR count). The minimum absolute atomic E-state index is 0.695. The molecule has 1 aromatic heterocycles. The monoisotopic (exact) mass is 192 g/mol. The SMILES string of the molecule is Cn1cc(CNCCCN)cc1C#N. The van der Waals surface area contributed by atoms with Gasteiger partial charge in [-0.2, -0.15) is 5.26 Å². The van der Waals surface area contributed by atoms with E-state index in [1.807, 2.05) is 23.9 Å². The molecule has 0 aliphatic heterocycles. The maximum atomic E-state index is 8.73. The summed E-state index contributed by atoms with van der Waals surface area (Å²) in [7, 11) is 1.88. The zero-order chi connectivity index (χ0) is 10.4. The van der Waals surface area contributed by atoms with Crippen LogP contribution in [0.5, 0.6) is 0 Å². The first-order valence-corrected chi connectivity index (χ1v) is 4.74. The number of nitrogens with zero attached hydrogens (tertiary/aromatic N) is 2. The third-order valence-corrected chi connectivity index (χ3v) is 2.06. The van der Waals surface area contributed by atoms with Gasteiger partial charge in [0.1, 0.15) is 11.8 Å². The molecule has 0 fully saturated rings. The molecule has 1 heterocycles. The second-order valence-corrected chi connectivity index (χ2v) is 3.28. The summed E-state index contributed by atoms with van der Waals surface area (Å²) in [5.41, 5.74) is 7.21. The smallest absolute Gasteiger partial charge is 0.120 e. The first-order valence-electron chi connectivity index (χ1n) is 4.74. The number of hydrogen-bond donors (Lipinski definition) is 2. The van der Waals surface area contributed by atoms with Crippen molar-refractivity contribution in [3.05, 3.63) is 23.5 Å². The van der Waals surface area contributed by atoms with Crippen LogP contribution in [0, 0.1) is 11.3 Å². The summed E-state index contributed by atoms with van der Waals surface area (Å²) >= 11 is 0. The molecule has 0 radical (unpaired) electrons. The van der Waals surface area contributed by atoms with Crippen LogP contribution in [-0.4, -0.2) is 17.7 Å². The van der Waals surface area contributed by atoms with Gasteiger partial charge in [0.2, 0.25) is 0 Å². The topological polar surface area (TPSA) is 66.8 Å². The number of aromatic nitrogens is 1. The molecule has 0 amide bonds. The molecule has 76 valence electrons. The van der Waals surface area contributed by atoms with E-state index >= 15 is 0 Å². The molecular weight excluding hydrogens is 176 g/mol. The van der Waals surface area contributed by atoms with E-state index in [4.69, 9.17) is 11.0 Å². The molecule has 0 aliphatic rings. The first kappa shape index (κ1) is 10.8. The van der Waals surface area contributed by atoms with E-state index in [1.165, 1.54) is 0 Å². The zero-order valence-corrected chi connectivity index (χ0v) is 8.45. The Morgan fingerprint density at radius 1 is 1.64 bits per heavy atom. The molecule has 4 nitrogen and oxygen atoms in total. The third-order valence-electron chi connectivity index (χ3n) is 2.06. The van der Waals surface area contributed by atoms with Gasteiger partial charge in [-0.25, -0.2) is 0 Å². The Hall–Kier alpha value is -1.31. The van der Waals surface area contributed by atoms with E-state index in [0.717, 1.165) is 25.1 Å². The molecule has 0 unspecified atom stereocenters. The van der Waals surface area contributed by atoms with Gasteiger partial charge in [-0.05, 0) is 31.1 Å². The highest BCUT2D eigenvalue weighted by atomic mass is 14.9. The lowest BCUT2D eigenvalue weighted by Gasteiger charge is -2.00. The fraction of sp³-hybridized carbons (Fsp3) is 0.500. The maximum absolute atomic E-state index is 8.73. The van der Waals surface area contributed by atoms with Gasteiger partial charge in [0, 0.05) is 19.8 Å². The van der Waals surface area contributed by atoms with Crippen LogP contribution in [-0.2, 0) is 13.6 Å². The third kappa shape index (κ3) is 2.87. The lowest BCUT2D eigenvalue weighted by Crippen LogP contribution is -2.17. The second-order valence-electron chi connectivity index (χ2n) is 3.28. The Bertz CT molecular complexity index is 321. The van der Waals surface area contributed by atoms with Crippen LogP contribution in [0.3, 0.4) is 0 Å². The van der Waals surface area contributed by atoms with Crippen molar-refractivity contribution in [1.82, 2.24) is 9.88 Å². The van der Waals surface area contributed by atoms with Crippen molar-refractivity contribution in [3.8, 4) is 6.07 Å². The van der Waals surface area contributed by atoms with Gasteiger partial charge < -0.3 is 15.6 Å². The highest BCUT2D eigenvalue weighted by Crippen LogP contribution is 2.05. The van der Waals surface area contributed by atoms with Crippen LogP contribution in [0.4, 0.5) is 0 Å². The molecule has 0 bridgehead atoms. The van der Waals surface area contributed by atoms with Crippen molar-refractivity contribution >= 4 is 0 Å². The molecule has 1 aromatic rings. The fourth-order valence-corrected chi connectivity index (χ4v) is 1.30. The lowest BCUT2D eigenvalue weighted by atomic mass is 10.3. The maximum Gasteiger partial charge on any atom is 0.120 e. The van der Waals surface area contributed by atoms with E-state index in [9.17, 15) is 0 Å². The Kier molecular flexibility index (Phi) is 4.17. The molecule has 0 atom stereocenters. The number of nitrogens with two attached hydrogens (primary N) is 1. The van der Waals surface area contributed by atoms with Gasteiger partial charge >= 0.3 is 0 Å². The summed E-state index contributed by atoms with van der Waals surface area (Å²) < 4.78 is 1.83. The number of nitriles is 1. The van der Waals surface area contributed by atoms with Crippen LogP contribution in [0.1, 0.15) is 17.7 Å². The summed E-state index contributed by atoms with van der Waals surface area (Å²) in [5.74, 6) is 0. The van der Waals surface area contributed by atoms with Crippen LogP contribution in [0.25, 0.3) is 0 Å². The van der Waals surface area contributed by atoms with E-state index in [2.05, 4.69) is 11.4 Å². The van der Waals surface area contributed by atoms with Gasteiger partial charge in [-0.1, -0.05) is 0 Å². The second kappa shape index (κ2) is 5.43. The Balaban J connectivity index is 2.40. The van der Waals surface area contributed by atoms with Crippen molar-refractivity contribution in [1.29, 1.82) is 5.26 Å². The Morgan fingerprint density at radius 3 is 3.00 bits per heavy atom. The predicted octanol–water partition coefficient (Wildman–Crippen LogP) is 0.335. The summed E-state index contributed by atoms with van der Waals surface area (Å²) in [6, 6.07) is 4.03. The standard InChI is InChI=1S/C10H16N4/c1-14-8-9(5-10(14)6-12)7-13-4-2-3-11/h5,8,13H,2-4,7,11H2,1H3. The van der Waals surface area contributed by atoms with Crippen molar-refractivity contribution in [2.75, 3.05) is 13.1 Å². The highest BCUT2D eigenvalue weighted by Gasteiger charge is 2.00. The molecular formula is C10H16N4. The lowest BCUT2D eigenvalue weighted by molar-refractivity contribution is 0.655. The van der Waals surface area contributed by atoms with Gasteiger partial charge in [0.25, 0.3) is 0 Å². The van der Waals surface area contributed by atoms with E-state index in [1.54, 1.807) is 0 Å². The molecule has 3 N–H and O–H groups in total. The quantitative estimate of drug-likeness (QED) is 0.661. The molecule has 0 saturated heterocycles. The molecule has 0 spiro atoms. The summed E-state index contributed by atoms with van der Waals surface area (Å²) in [6.45, 7) is 2.44. The molecule has 0 aliphatic carbocycles. The van der Waals surface area contributed by atoms with Crippen LogP contribution < -0.4 is 11.1 Å². The summed E-state index contributed by atoms with van der Waals surface area (Å²) in [4.78, 5) is 0. The van der Waals surface area contributed by atoms with Crippen LogP contribution >= 0.6 is 0 Å². The number of hydrogen-bond acceptors (Lipinski definition) is 3. The van der Waals surface area contributed by atoms with Gasteiger partial charge in [-0.3, -0.25) is 0 Å². The zero-order valence-electron chi connectivity index (χ0n) is 8.45. The molecule has 0 saturated carbocycles. The molecule has 14 heavy (non-hydrogen) atoms. The van der Waals surface area contributed by atoms with E-state index < -0.39 is 0 Å². The number of aryl methyl sites for hydroxylation is 1. The Labute approximate surface area is 84.3 Å². The van der Waals surface area contributed by atoms with Gasteiger partial charge in [-0.15, -0.1) is 0 Å². The Morgan fingerprint density at radius 2 is 2.43 bits per heavy atom. The van der Waals surface area contributed by atoms with E-state index in [-0.39, 0.29) is 0 Å². The van der Waals surface area contributed by atoms with Crippen molar-refractivity contribution in [2.45, 2.75) is 13.0 Å². The normalized spacial score (nSPS) is 10.1. The van der Waals surface area contributed by atoms with Crippen molar-refractivity contribution in [3.63, 3.8) is 0 Å². The number of nitrogens with one attached hydrogen (secondary N) is 1.